The normalized spacial score (nSPS) is 18.6. The first kappa shape index (κ1) is 18.0. The van der Waals surface area contributed by atoms with Gasteiger partial charge in [0, 0.05) is 31.4 Å². The summed E-state index contributed by atoms with van der Waals surface area (Å²) in [5.41, 5.74) is 6.62. The predicted octanol–water partition coefficient (Wildman–Crippen LogP) is 4.96. The molecule has 7 heteroatoms. The van der Waals surface area contributed by atoms with E-state index in [2.05, 4.69) is 27.0 Å². The van der Waals surface area contributed by atoms with E-state index in [1.807, 2.05) is 42.0 Å². The maximum Gasteiger partial charge on any atom is 0.241 e. The lowest BCUT2D eigenvalue weighted by Crippen LogP contribution is -2.23. The van der Waals surface area contributed by atoms with Crippen molar-refractivity contribution in [2.75, 3.05) is 18.5 Å². The largest absolute Gasteiger partial charge is 0.353 e. The van der Waals surface area contributed by atoms with Crippen molar-refractivity contribution < 1.29 is 5.82 Å². The Kier molecular flexibility index (Phi) is 4.38. The smallest absolute Gasteiger partial charge is 0.241 e. The third kappa shape index (κ3) is 3.20. The monoisotopic (exact) mass is 392 g/mol. The Labute approximate surface area is 170 Å². The summed E-state index contributed by atoms with van der Waals surface area (Å²) in [6.45, 7) is 6.41. The van der Waals surface area contributed by atoms with Crippen LogP contribution in [0.25, 0.3) is 16.8 Å². The molecule has 1 aliphatic carbocycles. The number of hydrogen-bond acceptors (Lipinski definition) is 5. The van der Waals surface area contributed by atoms with Crippen LogP contribution < -0.4 is 5.32 Å². The summed E-state index contributed by atoms with van der Waals surface area (Å²) in [6.07, 6.45) is 6.32. The minimum absolute atomic E-state index is 0. The van der Waals surface area contributed by atoms with Gasteiger partial charge >= 0.3 is 0 Å². The van der Waals surface area contributed by atoms with Crippen molar-refractivity contribution in [2.45, 2.75) is 32.1 Å². The van der Waals surface area contributed by atoms with Crippen LogP contribution in [-0.4, -0.2) is 38.5 Å². The number of aromatic nitrogens is 4. The van der Waals surface area contributed by atoms with Gasteiger partial charge in [-0.25, -0.2) is 14.5 Å². The van der Waals surface area contributed by atoms with E-state index in [1.54, 1.807) is 0 Å². The van der Waals surface area contributed by atoms with Crippen LogP contribution in [0.3, 0.4) is 0 Å². The zero-order chi connectivity index (χ0) is 20.0. The molecule has 0 bridgehead atoms. The second-order valence-corrected chi connectivity index (χ2v) is 7.93. The fourth-order valence-electron chi connectivity index (χ4n) is 4.22. The SMILES string of the molecule is C=C1CC(CNc2ncc3c(-c4ccc5c(n4)C(CCF)C(C)=N5)ccn3n2)C1.[HH]. The minimum atomic E-state index is -0.378. The van der Waals surface area contributed by atoms with Gasteiger partial charge in [0.25, 0.3) is 0 Å². The van der Waals surface area contributed by atoms with Crippen LogP contribution in [0, 0.1) is 5.92 Å². The van der Waals surface area contributed by atoms with E-state index >= 15 is 0 Å². The summed E-state index contributed by atoms with van der Waals surface area (Å²) < 4.78 is 14.8. The summed E-state index contributed by atoms with van der Waals surface area (Å²) in [6, 6.07) is 5.91. The van der Waals surface area contributed by atoms with Crippen molar-refractivity contribution in [3.63, 3.8) is 0 Å². The molecule has 0 spiro atoms. The molecule has 3 aromatic rings. The fourth-order valence-corrected chi connectivity index (χ4v) is 4.22. The molecule has 0 radical (unpaired) electrons. The molecular weight excluding hydrogens is 367 g/mol. The molecule has 1 aliphatic heterocycles. The van der Waals surface area contributed by atoms with Crippen LogP contribution in [0.15, 0.2) is 47.7 Å². The van der Waals surface area contributed by atoms with Crippen molar-refractivity contribution in [1.82, 2.24) is 19.6 Å². The number of alkyl halides is 1. The van der Waals surface area contributed by atoms with Crippen LogP contribution in [0.4, 0.5) is 16.0 Å². The third-order valence-corrected chi connectivity index (χ3v) is 5.83. The highest BCUT2D eigenvalue weighted by atomic mass is 19.1. The summed E-state index contributed by atoms with van der Waals surface area (Å²) >= 11 is 0. The van der Waals surface area contributed by atoms with Gasteiger partial charge < -0.3 is 5.32 Å². The molecule has 2 aliphatic rings. The molecule has 0 aromatic carbocycles. The van der Waals surface area contributed by atoms with Crippen molar-refractivity contribution >= 4 is 22.9 Å². The van der Waals surface area contributed by atoms with E-state index in [0.29, 0.717) is 18.3 Å². The molecule has 1 fully saturated rings. The summed E-state index contributed by atoms with van der Waals surface area (Å²) in [7, 11) is 0. The average molecular weight is 392 g/mol. The van der Waals surface area contributed by atoms with Gasteiger partial charge in [-0.15, -0.1) is 5.10 Å². The van der Waals surface area contributed by atoms with E-state index in [9.17, 15) is 4.39 Å². The third-order valence-electron chi connectivity index (χ3n) is 5.83. The quantitative estimate of drug-likeness (QED) is 0.602. The summed E-state index contributed by atoms with van der Waals surface area (Å²) in [5, 5.41) is 7.89. The van der Waals surface area contributed by atoms with E-state index in [4.69, 9.17) is 4.98 Å². The maximum atomic E-state index is 13.0. The van der Waals surface area contributed by atoms with Gasteiger partial charge in [0.2, 0.25) is 5.95 Å². The molecule has 29 heavy (non-hydrogen) atoms. The van der Waals surface area contributed by atoms with Gasteiger partial charge in [-0.3, -0.25) is 9.38 Å². The fraction of sp³-hybridized carbons (Fsp3) is 0.364. The average Bonchev–Trinajstić information content (AvgIpc) is 3.25. The van der Waals surface area contributed by atoms with Crippen molar-refractivity contribution in [3.05, 3.63) is 48.4 Å². The van der Waals surface area contributed by atoms with Gasteiger partial charge in [0.15, 0.2) is 0 Å². The Hall–Kier alpha value is -3.09. The topological polar surface area (TPSA) is 67.5 Å². The molecular formula is C22H25FN6. The second kappa shape index (κ2) is 7.06. The van der Waals surface area contributed by atoms with E-state index in [-0.39, 0.29) is 14.0 Å². The lowest BCUT2D eigenvalue weighted by atomic mass is 9.81. The number of hydrogen-bond donors (Lipinski definition) is 1. The van der Waals surface area contributed by atoms with Crippen LogP contribution >= 0.6 is 0 Å². The molecule has 1 N–H and O–H groups in total. The van der Waals surface area contributed by atoms with Gasteiger partial charge in [0.1, 0.15) is 0 Å². The molecule has 6 nitrogen and oxygen atoms in total. The van der Waals surface area contributed by atoms with E-state index in [0.717, 1.165) is 53.3 Å². The van der Waals surface area contributed by atoms with Crippen molar-refractivity contribution in [3.8, 4) is 11.3 Å². The first-order valence-corrected chi connectivity index (χ1v) is 9.99. The van der Waals surface area contributed by atoms with Gasteiger partial charge in [-0.05, 0) is 50.3 Å². The lowest BCUT2D eigenvalue weighted by molar-refractivity contribution is 0.441. The highest BCUT2D eigenvalue weighted by molar-refractivity contribution is 5.96. The number of aliphatic imine (C=N–C) groups is 1. The first-order valence-electron chi connectivity index (χ1n) is 9.99. The predicted molar refractivity (Wildman–Crippen MR) is 115 cm³/mol. The molecule has 1 atom stereocenters. The molecule has 5 rings (SSSR count). The standard InChI is InChI=1S/C22H23FN6.H2/c1-13-9-15(10-13)11-24-22-25-12-20-17(6-8-29(20)28-22)18-3-4-19-21(27-18)16(5-7-23)14(2)26-19;/h3-4,6,8,12,15-16H,1,5,7,9-11H2,2H3,(H,24,28);1H. The molecule has 0 amide bonds. The Morgan fingerprint density at radius 3 is 2.97 bits per heavy atom. The molecule has 4 heterocycles. The van der Waals surface area contributed by atoms with E-state index in [1.165, 1.54) is 5.57 Å². The number of nitrogens with zero attached hydrogens (tertiary/aromatic N) is 5. The van der Waals surface area contributed by atoms with Crippen molar-refractivity contribution in [2.24, 2.45) is 10.9 Å². The number of halogens is 1. The Morgan fingerprint density at radius 1 is 1.31 bits per heavy atom. The highest BCUT2D eigenvalue weighted by Crippen LogP contribution is 2.38. The van der Waals surface area contributed by atoms with Crippen molar-refractivity contribution in [1.29, 1.82) is 0 Å². The Balaban J connectivity index is 0.00000218. The molecule has 0 saturated heterocycles. The summed E-state index contributed by atoms with van der Waals surface area (Å²) in [5.74, 6) is 1.20. The molecule has 3 aromatic heterocycles. The van der Waals surface area contributed by atoms with Crippen LogP contribution in [0.5, 0.6) is 0 Å². The Morgan fingerprint density at radius 2 is 2.17 bits per heavy atom. The number of allylic oxidation sites excluding steroid dienone is 1. The zero-order valence-corrected chi connectivity index (χ0v) is 16.4. The minimum Gasteiger partial charge on any atom is -0.353 e. The summed E-state index contributed by atoms with van der Waals surface area (Å²) in [4.78, 5) is 13.9. The molecule has 1 unspecified atom stereocenters. The molecule has 150 valence electrons. The number of fused-ring (bicyclic) bond motifs is 2. The lowest BCUT2D eigenvalue weighted by Gasteiger charge is -2.28. The highest BCUT2D eigenvalue weighted by Gasteiger charge is 2.26. The van der Waals surface area contributed by atoms with Crippen LogP contribution in [0.2, 0.25) is 0 Å². The number of rotatable bonds is 6. The Bertz CT molecular complexity index is 1130. The first-order chi connectivity index (χ1) is 14.1. The van der Waals surface area contributed by atoms with Crippen LogP contribution in [-0.2, 0) is 0 Å². The van der Waals surface area contributed by atoms with Gasteiger partial charge in [0.05, 0.1) is 35.5 Å². The second-order valence-electron chi connectivity index (χ2n) is 7.93. The van der Waals surface area contributed by atoms with Gasteiger partial charge in [-0.2, -0.15) is 0 Å². The number of anilines is 1. The molecule has 1 saturated carbocycles. The number of pyridine rings is 1. The van der Waals surface area contributed by atoms with Gasteiger partial charge in [-0.1, -0.05) is 12.2 Å². The number of nitrogens with one attached hydrogen (secondary N) is 1. The maximum absolute atomic E-state index is 13.0. The van der Waals surface area contributed by atoms with E-state index < -0.39 is 0 Å². The zero-order valence-electron chi connectivity index (χ0n) is 16.4. The van der Waals surface area contributed by atoms with Crippen LogP contribution in [0.1, 0.15) is 39.2 Å².